The topological polar surface area (TPSA) is 51.7 Å². The second-order valence-electron chi connectivity index (χ2n) is 9.45. The van der Waals surface area contributed by atoms with Gasteiger partial charge in [0.05, 0.1) is 13.2 Å². The lowest BCUT2D eigenvalue weighted by Gasteiger charge is -2.34. The van der Waals surface area contributed by atoms with Crippen molar-refractivity contribution >= 4 is 11.7 Å². The first kappa shape index (κ1) is 21.0. The Balaban J connectivity index is 1.20. The van der Waals surface area contributed by atoms with Crippen molar-refractivity contribution in [3.05, 3.63) is 89.1 Å². The van der Waals surface area contributed by atoms with E-state index in [0.29, 0.717) is 12.5 Å². The van der Waals surface area contributed by atoms with Crippen LogP contribution in [0.25, 0.3) is 16.7 Å². The summed E-state index contributed by atoms with van der Waals surface area (Å²) in [4.78, 5) is 19.6. The number of carbonyl (C=O) groups excluding carboxylic acids is 1. The van der Waals surface area contributed by atoms with Crippen LogP contribution in [-0.4, -0.2) is 41.8 Å². The fourth-order valence-corrected chi connectivity index (χ4v) is 5.96. The van der Waals surface area contributed by atoms with Crippen LogP contribution in [0.5, 0.6) is 5.88 Å². The Hall–Kier alpha value is -3.60. The molecule has 0 radical (unpaired) electrons. The SMILES string of the molecule is COc1cc(C)c(C2=CC3CCC(C2)N3C(=O)OCC2c3ccccc3-c3ccccc32)cn1. The maximum absolute atomic E-state index is 13.3. The van der Waals surface area contributed by atoms with Gasteiger partial charge < -0.3 is 9.47 Å². The molecule has 0 spiro atoms. The molecule has 2 unspecified atom stereocenters. The van der Waals surface area contributed by atoms with Crippen molar-refractivity contribution in [3.8, 4) is 17.0 Å². The molecule has 1 fully saturated rings. The van der Waals surface area contributed by atoms with Crippen LogP contribution < -0.4 is 4.74 Å². The second-order valence-corrected chi connectivity index (χ2v) is 9.45. The van der Waals surface area contributed by atoms with Gasteiger partial charge in [0.2, 0.25) is 5.88 Å². The summed E-state index contributed by atoms with van der Waals surface area (Å²) in [6.45, 7) is 2.45. The van der Waals surface area contributed by atoms with Crippen molar-refractivity contribution in [2.75, 3.05) is 13.7 Å². The van der Waals surface area contributed by atoms with E-state index in [2.05, 4.69) is 66.5 Å². The molecule has 0 saturated carbocycles. The van der Waals surface area contributed by atoms with E-state index in [-0.39, 0.29) is 24.1 Å². The number of fused-ring (bicyclic) bond motifs is 5. The molecular formula is C29H28N2O3. The van der Waals surface area contributed by atoms with Gasteiger partial charge in [0.1, 0.15) is 6.61 Å². The molecule has 2 aliphatic heterocycles. The average Bonchev–Trinajstić information content (AvgIpc) is 3.33. The van der Waals surface area contributed by atoms with Gasteiger partial charge >= 0.3 is 6.09 Å². The molecule has 1 aromatic heterocycles. The number of ether oxygens (including phenoxy) is 2. The van der Waals surface area contributed by atoms with Crippen molar-refractivity contribution in [2.24, 2.45) is 0 Å². The van der Waals surface area contributed by atoms with Crippen molar-refractivity contribution in [1.29, 1.82) is 0 Å². The number of hydrogen-bond donors (Lipinski definition) is 0. The molecule has 5 nitrogen and oxygen atoms in total. The molecule has 1 saturated heterocycles. The first-order valence-electron chi connectivity index (χ1n) is 12.0. The largest absolute Gasteiger partial charge is 0.481 e. The molecule has 5 heteroatoms. The zero-order chi connectivity index (χ0) is 23.2. The molecule has 2 bridgehead atoms. The molecule has 2 atom stereocenters. The summed E-state index contributed by atoms with van der Waals surface area (Å²) in [7, 11) is 1.63. The summed E-state index contributed by atoms with van der Waals surface area (Å²) in [6.07, 6.45) is 6.73. The molecule has 6 rings (SSSR count). The van der Waals surface area contributed by atoms with Gasteiger partial charge in [-0.3, -0.25) is 4.90 Å². The Kier molecular flexibility index (Phi) is 5.13. The number of methoxy groups -OCH3 is 1. The summed E-state index contributed by atoms with van der Waals surface area (Å²) in [5.74, 6) is 0.707. The standard InChI is InChI=1S/C29H28N2O3/c1-18-13-28(33-2)30-16-26(18)19-14-20-11-12-21(15-19)31(20)29(32)34-17-27-24-9-5-3-7-22(24)23-8-4-6-10-25(23)27/h3-10,13-14,16,20-21,27H,11-12,15,17H2,1-2H3. The zero-order valence-electron chi connectivity index (χ0n) is 19.5. The van der Waals surface area contributed by atoms with Gasteiger partial charge in [0.15, 0.2) is 0 Å². The third kappa shape index (κ3) is 3.38. The minimum Gasteiger partial charge on any atom is -0.481 e. The van der Waals surface area contributed by atoms with E-state index < -0.39 is 0 Å². The Morgan fingerprint density at radius 3 is 2.38 bits per heavy atom. The summed E-state index contributed by atoms with van der Waals surface area (Å²) in [6, 6.07) is 19.1. The lowest BCUT2D eigenvalue weighted by atomic mass is 9.93. The van der Waals surface area contributed by atoms with Crippen molar-refractivity contribution in [3.63, 3.8) is 0 Å². The Morgan fingerprint density at radius 2 is 1.74 bits per heavy atom. The number of aromatic nitrogens is 1. The fraction of sp³-hybridized carbons (Fsp3) is 0.310. The fourth-order valence-electron chi connectivity index (χ4n) is 5.96. The Labute approximate surface area is 200 Å². The third-order valence-corrected chi connectivity index (χ3v) is 7.58. The summed E-state index contributed by atoms with van der Waals surface area (Å²) in [5.41, 5.74) is 8.52. The number of pyridine rings is 1. The van der Waals surface area contributed by atoms with Crippen LogP contribution in [0.1, 0.15) is 47.4 Å². The van der Waals surface area contributed by atoms with Gasteiger partial charge in [-0.15, -0.1) is 0 Å². The molecule has 172 valence electrons. The summed E-state index contributed by atoms with van der Waals surface area (Å²) < 4.78 is 11.2. The van der Waals surface area contributed by atoms with Crippen LogP contribution in [-0.2, 0) is 4.74 Å². The lowest BCUT2D eigenvalue weighted by Crippen LogP contribution is -2.43. The van der Waals surface area contributed by atoms with Gasteiger partial charge in [-0.05, 0) is 65.1 Å². The van der Waals surface area contributed by atoms with Crippen LogP contribution >= 0.6 is 0 Å². The average molecular weight is 453 g/mol. The zero-order valence-corrected chi connectivity index (χ0v) is 19.5. The number of aryl methyl sites for hydroxylation is 1. The van der Waals surface area contributed by atoms with Crippen molar-refractivity contribution in [2.45, 2.75) is 44.2 Å². The first-order valence-corrected chi connectivity index (χ1v) is 12.0. The minimum absolute atomic E-state index is 0.0749. The Morgan fingerprint density at radius 1 is 1.03 bits per heavy atom. The monoisotopic (exact) mass is 452 g/mol. The van der Waals surface area contributed by atoms with E-state index in [4.69, 9.17) is 9.47 Å². The highest BCUT2D eigenvalue weighted by Crippen LogP contribution is 2.45. The van der Waals surface area contributed by atoms with Gasteiger partial charge in [-0.25, -0.2) is 9.78 Å². The van der Waals surface area contributed by atoms with Crippen LogP contribution in [0.15, 0.2) is 66.9 Å². The van der Waals surface area contributed by atoms with Gasteiger partial charge in [0, 0.05) is 24.2 Å². The number of rotatable bonds is 4. The van der Waals surface area contributed by atoms with E-state index in [0.717, 1.165) is 30.4 Å². The highest BCUT2D eigenvalue weighted by atomic mass is 16.6. The number of carbonyl (C=O) groups is 1. The van der Waals surface area contributed by atoms with E-state index >= 15 is 0 Å². The predicted molar refractivity (Wildman–Crippen MR) is 132 cm³/mol. The van der Waals surface area contributed by atoms with Gasteiger partial charge in [0.25, 0.3) is 0 Å². The molecule has 1 amide bonds. The summed E-state index contributed by atoms with van der Waals surface area (Å²) >= 11 is 0. The van der Waals surface area contributed by atoms with Crippen molar-refractivity contribution in [1.82, 2.24) is 9.88 Å². The normalized spacial score (nSPS) is 20.5. The van der Waals surface area contributed by atoms with Gasteiger partial charge in [-0.2, -0.15) is 0 Å². The first-order chi connectivity index (χ1) is 16.6. The number of amides is 1. The molecule has 0 N–H and O–H groups in total. The van der Waals surface area contributed by atoms with E-state index in [1.165, 1.54) is 27.8 Å². The van der Waals surface area contributed by atoms with Crippen LogP contribution in [0.3, 0.4) is 0 Å². The highest BCUT2D eigenvalue weighted by molar-refractivity contribution is 5.79. The molecule has 3 heterocycles. The minimum atomic E-state index is -0.200. The van der Waals surface area contributed by atoms with Crippen LogP contribution in [0.4, 0.5) is 4.79 Å². The molecule has 3 aliphatic rings. The van der Waals surface area contributed by atoms with E-state index in [1.807, 2.05) is 17.2 Å². The number of hydrogen-bond acceptors (Lipinski definition) is 4. The maximum atomic E-state index is 13.3. The van der Waals surface area contributed by atoms with E-state index in [1.54, 1.807) is 7.11 Å². The Bertz CT molecular complexity index is 1250. The molecule has 3 aromatic rings. The third-order valence-electron chi connectivity index (χ3n) is 7.58. The maximum Gasteiger partial charge on any atom is 0.410 e. The van der Waals surface area contributed by atoms with E-state index in [9.17, 15) is 4.79 Å². The smallest absolute Gasteiger partial charge is 0.410 e. The molecule has 2 aromatic carbocycles. The molecule has 1 aliphatic carbocycles. The lowest BCUT2D eigenvalue weighted by molar-refractivity contribution is 0.0866. The quantitative estimate of drug-likeness (QED) is 0.490. The molecule has 34 heavy (non-hydrogen) atoms. The van der Waals surface area contributed by atoms with Crippen molar-refractivity contribution < 1.29 is 14.3 Å². The predicted octanol–water partition coefficient (Wildman–Crippen LogP) is 5.97. The highest BCUT2D eigenvalue weighted by Gasteiger charge is 2.41. The van der Waals surface area contributed by atoms with Crippen LogP contribution in [0.2, 0.25) is 0 Å². The summed E-state index contributed by atoms with van der Waals surface area (Å²) in [5, 5.41) is 0. The van der Waals surface area contributed by atoms with Gasteiger partial charge in [-0.1, -0.05) is 54.6 Å². The second kappa shape index (κ2) is 8.32. The molecular weight excluding hydrogens is 424 g/mol. The number of nitrogens with zero attached hydrogens (tertiary/aromatic N) is 2. The number of benzene rings is 2. The van der Waals surface area contributed by atoms with Crippen LogP contribution in [0, 0.1) is 6.92 Å².